The normalized spacial score (nSPS) is 11.8. The number of aromatic nitrogens is 5. The first-order valence-electron chi connectivity index (χ1n) is 11.4. The molecule has 188 valence electrons. The molecule has 0 fully saturated rings. The van der Waals surface area contributed by atoms with Crippen LogP contribution in [0, 0.1) is 11.6 Å². The summed E-state index contributed by atoms with van der Waals surface area (Å²) in [6.45, 7) is 3.03. The van der Waals surface area contributed by atoms with E-state index in [4.69, 9.17) is 4.84 Å². The summed E-state index contributed by atoms with van der Waals surface area (Å²) in [5.41, 5.74) is 3.11. The Kier molecular flexibility index (Phi) is 6.32. The van der Waals surface area contributed by atoms with Gasteiger partial charge in [-0.1, -0.05) is 17.3 Å². The molecule has 5 rings (SSSR count). The molecule has 9 nitrogen and oxygen atoms in total. The molecule has 0 atom stereocenters. The van der Waals surface area contributed by atoms with Gasteiger partial charge in [-0.15, -0.1) is 5.10 Å². The summed E-state index contributed by atoms with van der Waals surface area (Å²) in [6.07, 6.45) is 1.73. The first kappa shape index (κ1) is 24.3. The Morgan fingerprint density at radius 1 is 1.08 bits per heavy atom. The molecular formula is C26H22F2N6O3. The predicted molar refractivity (Wildman–Crippen MR) is 131 cm³/mol. The number of hydroxylamine groups is 1. The van der Waals surface area contributed by atoms with Crippen molar-refractivity contribution >= 4 is 28.0 Å². The van der Waals surface area contributed by atoms with Gasteiger partial charge in [0.2, 0.25) is 0 Å². The summed E-state index contributed by atoms with van der Waals surface area (Å²) >= 11 is 0. The Bertz CT molecular complexity index is 1610. The minimum absolute atomic E-state index is 0.135. The lowest BCUT2D eigenvalue weighted by molar-refractivity contribution is -0.0524. The molecule has 0 aliphatic heterocycles. The summed E-state index contributed by atoms with van der Waals surface area (Å²) in [4.78, 5) is 25.9. The average Bonchev–Trinajstić information content (AvgIpc) is 3.24. The second-order valence-electron chi connectivity index (χ2n) is 9.16. The highest BCUT2D eigenvalue weighted by atomic mass is 19.1. The van der Waals surface area contributed by atoms with Crippen molar-refractivity contribution in [3.63, 3.8) is 0 Å². The van der Waals surface area contributed by atoms with Gasteiger partial charge < -0.3 is 5.11 Å². The Morgan fingerprint density at radius 2 is 1.84 bits per heavy atom. The summed E-state index contributed by atoms with van der Waals surface area (Å²) in [5.74, 6) is -3.28. The van der Waals surface area contributed by atoms with Crippen LogP contribution >= 0.6 is 0 Å². The largest absolute Gasteiger partial charge is 0.388 e. The van der Waals surface area contributed by atoms with Crippen LogP contribution in [0.25, 0.3) is 33.3 Å². The second-order valence-corrected chi connectivity index (χ2v) is 9.16. The number of carbonyl (C=O) groups excluding carboxylic acids is 1. The molecule has 5 aromatic rings. The summed E-state index contributed by atoms with van der Waals surface area (Å²) in [7, 11) is 0. The van der Waals surface area contributed by atoms with Crippen LogP contribution in [0.15, 0.2) is 60.8 Å². The fraction of sp³-hybridized carbons (Fsp3) is 0.192. The van der Waals surface area contributed by atoms with E-state index in [1.165, 1.54) is 13.8 Å². The summed E-state index contributed by atoms with van der Waals surface area (Å²) in [6, 6.07) is 15.0. The topological polar surface area (TPSA) is 115 Å². The zero-order chi connectivity index (χ0) is 26.2. The van der Waals surface area contributed by atoms with Gasteiger partial charge in [-0.2, -0.15) is 0 Å². The van der Waals surface area contributed by atoms with E-state index < -0.39 is 28.7 Å². The Morgan fingerprint density at radius 3 is 2.59 bits per heavy atom. The van der Waals surface area contributed by atoms with Crippen molar-refractivity contribution in [3.8, 4) is 11.3 Å². The number of hydrogen-bond donors (Lipinski definition) is 2. The molecule has 0 aliphatic rings. The SMILES string of the molecule is CC(C)(O)CONC(=O)c1c(F)cc(-c2ccc3nnn(Cc4ccc5ncccc5c4)c3n2)cc1F. The van der Waals surface area contributed by atoms with Crippen LogP contribution in [0.1, 0.15) is 29.8 Å². The van der Waals surface area contributed by atoms with E-state index in [9.17, 15) is 18.7 Å². The molecule has 0 aliphatic carbocycles. The van der Waals surface area contributed by atoms with Crippen LogP contribution < -0.4 is 5.48 Å². The number of pyridine rings is 2. The highest BCUT2D eigenvalue weighted by molar-refractivity contribution is 5.94. The molecule has 0 radical (unpaired) electrons. The first-order chi connectivity index (χ1) is 17.7. The van der Waals surface area contributed by atoms with E-state index in [0.29, 0.717) is 17.7 Å². The van der Waals surface area contributed by atoms with Gasteiger partial charge in [0.15, 0.2) is 5.65 Å². The minimum Gasteiger partial charge on any atom is -0.388 e. The Hall–Kier alpha value is -4.35. The Labute approximate surface area is 209 Å². The van der Waals surface area contributed by atoms with E-state index in [1.807, 2.05) is 35.8 Å². The lowest BCUT2D eigenvalue weighted by Gasteiger charge is -2.17. The smallest absolute Gasteiger partial charge is 0.280 e. The zero-order valence-corrected chi connectivity index (χ0v) is 19.9. The molecule has 0 bridgehead atoms. The van der Waals surface area contributed by atoms with E-state index in [0.717, 1.165) is 28.6 Å². The first-order valence-corrected chi connectivity index (χ1v) is 11.4. The molecule has 2 aromatic carbocycles. The van der Waals surface area contributed by atoms with Crippen LogP contribution in [0.3, 0.4) is 0 Å². The molecule has 0 unspecified atom stereocenters. The zero-order valence-electron chi connectivity index (χ0n) is 19.9. The summed E-state index contributed by atoms with van der Waals surface area (Å²) in [5, 5.41) is 18.9. The number of halogens is 2. The van der Waals surface area contributed by atoms with Gasteiger partial charge in [0, 0.05) is 17.1 Å². The van der Waals surface area contributed by atoms with Gasteiger partial charge in [-0.3, -0.25) is 14.6 Å². The molecule has 37 heavy (non-hydrogen) atoms. The quantitative estimate of drug-likeness (QED) is 0.324. The van der Waals surface area contributed by atoms with Crippen molar-refractivity contribution in [2.75, 3.05) is 6.61 Å². The van der Waals surface area contributed by atoms with Gasteiger partial charge in [0.05, 0.1) is 23.4 Å². The molecule has 2 N–H and O–H groups in total. The molecule has 0 saturated carbocycles. The third-order valence-electron chi connectivity index (χ3n) is 5.51. The average molecular weight is 504 g/mol. The van der Waals surface area contributed by atoms with Crippen LogP contribution in [0.2, 0.25) is 0 Å². The maximum atomic E-state index is 14.8. The Balaban J connectivity index is 1.41. The van der Waals surface area contributed by atoms with Gasteiger partial charge in [0.1, 0.15) is 29.3 Å². The van der Waals surface area contributed by atoms with Crippen LogP contribution in [-0.2, 0) is 11.4 Å². The highest BCUT2D eigenvalue weighted by Crippen LogP contribution is 2.25. The van der Waals surface area contributed by atoms with E-state index in [2.05, 4.69) is 20.3 Å². The van der Waals surface area contributed by atoms with Gasteiger partial charge in [0.25, 0.3) is 5.91 Å². The maximum Gasteiger partial charge on any atom is 0.280 e. The lowest BCUT2D eigenvalue weighted by Crippen LogP contribution is -2.34. The maximum absolute atomic E-state index is 14.8. The van der Waals surface area contributed by atoms with Crippen molar-refractivity contribution in [2.45, 2.75) is 26.0 Å². The number of nitrogens with zero attached hydrogens (tertiary/aromatic N) is 5. The van der Waals surface area contributed by atoms with Crippen molar-refractivity contribution in [1.82, 2.24) is 30.4 Å². The van der Waals surface area contributed by atoms with Crippen molar-refractivity contribution in [1.29, 1.82) is 0 Å². The molecular weight excluding hydrogens is 482 g/mol. The van der Waals surface area contributed by atoms with Gasteiger partial charge in [-0.25, -0.2) is 23.9 Å². The molecule has 0 spiro atoms. The molecule has 1 amide bonds. The standard InChI is InChI=1S/C26H22F2N6O3/c1-26(2,36)14-37-32-25(35)23-18(27)11-17(12-19(23)28)21-7-8-22-24(30-21)34(33-31-22)13-15-5-6-20-16(10-15)4-3-9-29-20/h3-12,36H,13-14H2,1-2H3,(H,32,35). The van der Waals surface area contributed by atoms with Crippen molar-refractivity contribution in [2.24, 2.45) is 0 Å². The third kappa shape index (κ3) is 5.27. The third-order valence-corrected chi connectivity index (χ3v) is 5.51. The molecule has 3 aromatic heterocycles. The molecule has 0 saturated heterocycles. The number of benzene rings is 2. The van der Waals surface area contributed by atoms with Gasteiger partial charge >= 0.3 is 0 Å². The molecule has 11 heteroatoms. The lowest BCUT2D eigenvalue weighted by atomic mass is 10.1. The molecule has 3 heterocycles. The predicted octanol–water partition coefficient (Wildman–Crippen LogP) is 3.80. The monoisotopic (exact) mass is 504 g/mol. The number of carbonyl (C=O) groups is 1. The highest BCUT2D eigenvalue weighted by Gasteiger charge is 2.21. The van der Waals surface area contributed by atoms with Gasteiger partial charge in [-0.05, 0) is 61.9 Å². The van der Waals surface area contributed by atoms with Crippen molar-refractivity contribution < 1.29 is 23.5 Å². The number of nitrogens with one attached hydrogen (secondary N) is 1. The van der Waals surface area contributed by atoms with E-state index >= 15 is 0 Å². The number of hydrogen-bond acceptors (Lipinski definition) is 7. The fourth-order valence-electron chi connectivity index (χ4n) is 3.78. The number of aliphatic hydroxyl groups is 1. The second kappa shape index (κ2) is 9.60. The fourth-order valence-corrected chi connectivity index (χ4v) is 3.78. The number of amides is 1. The van der Waals surface area contributed by atoms with Crippen LogP contribution in [-0.4, -0.2) is 48.2 Å². The summed E-state index contributed by atoms with van der Waals surface area (Å²) < 4.78 is 31.2. The van der Waals surface area contributed by atoms with Crippen LogP contribution in [0.4, 0.5) is 8.78 Å². The van der Waals surface area contributed by atoms with Crippen LogP contribution in [0.5, 0.6) is 0 Å². The van der Waals surface area contributed by atoms with E-state index in [1.54, 1.807) is 23.0 Å². The number of rotatable bonds is 7. The van der Waals surface area contributed by atoms with E-state index in [-0.39, 0.29) is 17.9 Å². The van der Waals surface area contributed by atoms with Crippen molar-refractivity contribution in [3.05, 3.63) is 83.6 Å². The minimum atomic E-state index is -1.23. The number of fused-ring (bicyclic) bond motifs is 2.